The van der Waals surface area contributed by atoms with E-state index in [1.165, 1.54) is 17.5 Å². The number of carbonyl (C=O) groups excluding carboxylic acids is 1. The maximum atomic E-state index is 13.8. The summed E-state index contributed by atoms with van der Waals surface area (Å²) in [5, 5.41) is 7.71. The predicted molar refractivity (Wildman–Crippen MR) is 88.2 cm³/mol. The summed E-state index contributed by atoms with van der Waals surface area (Å²) < 4.78 is 19.6. The Balaban J connectivity index is 1.85. The number of hydrogen-bond acceptors (Lipinski definition) is 5. The molecule has 0 aliphatic carbocycles. The standard InChI is InChI=1S/C15H13FN2O2S2/c16-10-1-2-12(13-9(6-21)15(19)18-14(10)13)20-5-11(17)8-3-4-22-7-8/h1-4,6-7,9,11H,5,17H2,(H,18,19). The minimum atomic E-state index is -0.687. The zero-order valence-electron chi connectivity index (χ0n) is 11.4. The first-order valence-corrected chi connectivity index (χ1v) is 8.02. The Bertz CT molecular complexity index is 719. The summed E-state index contributed by atoms with van der Waals surface area (Å²) in [5.74, 6) is -1.11. The fourth-order valence-electron chi connectivity index (χ4n) is 2.36. The lowest BCUT2D eigenvalue weighted by Gasteiger charge is -2.15. The quantitative estimate of drug-likeness (QED) is 0.824. The number of halogens is 1. The molecule has 1 aliphatic rings. The monoisotopic (exact) mass is 336 g/mol. The van der Waals surface area contributed by atoms with E-state index in [0.717, 1.165) is 5.56 Å². The second-order valence-corrected chi connectivity index (χ2v) is 5.96. The maximum absolute atomic E-state index is 13.8. The smallest absolute Gasteiger partial charge is 0.236 e. The van der Waals surface area contributed by atoms with E-state index in [1.807, 2.05) is 16.8 Å². The average molecular weight is 336 g/mol. The zero-order chi connectivity index (χ0) is 15.7. The van der Waals surface area contributed by atoms with E-state index in [1.54, 1.807) is 11.3 Å². The minimum absolute atomic E-state index is 0.137. The number of ether oxygens (including phenoxy) is 1. The van der Waals surface area contributed by atoms with Gasteiger partial charge in [-0.25, -0.2) is 4.39 Å². The highest BCUT2D eigenvalue weighted by atomic mass is 32.1. The number of rotatable bonds is 5. The molecule has 1 aliphatic heterocycles. The highest BCUT2D eigenvalue weighted by molar-refractivity contribution is 7.79. The molecule has 0 spiro atoms. The number of hydrogen-bond donors (Lipinski definition) is 2. The second-order valence-electron chi connectivity index (χ2n) is 4.91. The van der Waals surface area contributed by atoms with E-state index in [4.69, 9.17) is 22.7 Å². The number of nitrogens with two attached hydrogens (primary N) is 1. The lowest BCUT2D eigenvalue weighted by Crippen LogP contribution is -2.19. The van der Waals surface area contributed by atoms with Crippen molar-refractivity contribution < 1.29 is 13.9 Å². The van der Waals surface area contributed by atoms with Crippen molar-refractivity contribution in [1.82, 2.24) is 0 Å². The van der Waals surface area contributed by atoms with Crippen LogP contribution in [0.1, 0.15) is 23.1 Å². The fraction of sp³-hybridized carbons (Fsp3) is 0.200. The molecule has 4 nitrogen and oxygen atoms in total. The van der Waals surface area contributed by atoms with Crippen LogP contribution in [0, 0.1) is 5.82 Å². The topological polar surface area (TPSA) is 64.3 Å². The van der Waals surface area contributed by atoms with E-state index in [2.05, 4.69) is 5.32 Å². The van der Waals surface area contributed by atoms with Gasteiger partial charge in [-0.15, -0.1) is 0 Å². The van der Waals surface area contributed by atoms with Crippen LogP contribution >= 0.6 is 23.6 Å². The minimum Gasteiger partial charge on any atom is -0.491 e. The highest BCUT2D eigenvalue weighted by Gasteiger charge is 2.34. The molecule has 7 heteroatoms. The number of carbonyl (C=O) groups is 1. The Hall–Kier alpha value is -1.83. The molecule has 2 heterocycles. The Morgan fingerprint density at radius 1 is 1.50 bits per heavy atom. The molecule has 0 bridgehead atoms. The highest BCUT2D eigenvalue weighted by Crippen LogP contribution is 2.40. The molecular weight excluding hydrogens is 323 g/mol. The van der Waals surface area contributed by atoms with Crippen molar-refractivity contribution in [3.05, 3.63) is 45.9 Å². The van der Waals surface area contributed by atoms with Crippen molar-refractivity contribution in [2.45, 2.75) is 12.0 Å². The van der Waals surface area contributed by atoms with Crippen LogP contribution in [0.15, 0.2) is 29.0 Å². The molecule has 114 valence electrons. The van der Waals surface area contributed by atoms with Gasteiger partial charge in [-0.2, -0.15) is 11.3 Å². The number of fused-ring (bicyclic) bond motifs is 1. The first-order valence-electron chi connectivity index (χ1n) is 6.61. The molecule has 1 aromatic heterocycles. The summed E-state index contributed by atoms with van der Waals surface area (Å²) in [5.41, 5.74) is 7.61. The molecule has 1 aromatic carbocycles. The van der Waals surface area contributed by atoms with Crippen molar-refractivity contribution >= 4 is 40.5 Å². The third-order valence-electron chi connectivity index (χ3n) is 3.52. The van der Waals surface area contributed by atoms with Crippen LogP contribution in [0.5, 0.6) is 5.75 Å². The second kappa shape index (κ2) is 6.12. The van der Waals surface area contributed by atoms with Crippen LogP contribution < -0.4 is 15.8 Å². The Kier molecular flexibility index (Phi) is 4.19. The fourth-order valence-corrected chi connectivity index (χ4v) is 3.34. The van der Waals surface area contributed by atoms with Crippen LogP contribution in [-0.2, 0) is 4.79 Å². The molecule has 0 fully saturated rings. The van der Waals surface area contributed by atoms with Gasteiger partial charge in [0.1, 0.15) is 18.2 Å². The lowest BCUT2D eigenvalue weighted by molar-refractivity contribution is -0.115. The van der Waals surface area contributed by atoms with Gasteiger partial charge in [0.15, 0.2) is 0 Å². The molecule has 0 radical (unpaired) electrons. The Labute approximate surface area is 136 Å². The van der Waals surface area contributed by atoms with Gasteiger partial charge in [-0.1, -0.05) is 12.2 Å². The van der Waals surface area contributed by atoms with E-state index < -0.39 is 11.7 Å². The summed E-state index contributed by atoms with van der Waals surface area (Å²) in [6.45, 7) is 0.229. The first-order chi connectivity index (χ1) is 10.6. The SMILES string of the molecule is NC(COc1ccc(F)c2c1C(C=S)C(=O)N2)c1ccsc1. The summed E-state index contributed by atoms with van der Waals surface area (Å²) in [4.78, 5) is 11.8. The molecule has 3 N–H and O–H groups in total. The van der Waals surface area contributed by atoms with Gasteiger partial charge in [0, 0.05) is 5.56 Å². The average Bonchev–Trinajstić information content (AvgIpc) is 3.14. The summed E-state index contributed by atoms with van der Waals surface area (Å²) >= 11 is 6.44. The van der Waals surface area contributed by atoms with E-state index in [9.17, 15) is 9.18 Å². The summed E-state index contributed by atoms with van der Waals surface area (Å²) in [7, 11) is 0. The van der Waals surface area contributed by atoms with Gasteiger partial charge in [0.2, 0.25) is 5.91 Å². The zero-order valence-corrected chi connectivity index (χ0v) is 13.0. The van der Waals surface area contributed by atoms with Gasteiger partial charge in [-0.3, -0.25) is 4.79 Å². The third kappa shape index (κ3) is 2.63. The predicted octanol–water partition coefficient (Wildman–Crippen LogP) is 3.00. The molecule has 1 amide bonds. The number of amides is 1. The molecule has 0 saturated carbocycles. The van der Waals surface area contributed by atoms with Gasteiger partial charge < -0.3 is 15.8 Å². The van der Waals surface area contributed by atoms with Crippen LogP contribution in [0.3, 0.4) is 0 Å². The van der Waals surface area contributed by atoms with Crippen molar-refractivity contribution in [3.63, 3.8) is 0 Å². The normalized spacial score (nSPS) is 17.7. The van der Waals surface area contributed by atoms with Crippen molar-refractivity contribution in [3.8, 4) is 5.75 Å². The lowest BCUT2D eigenvalue weighted by atomic mass is 10.0. The van der Waals surface area contributed by atoms with Crippen LogP contribution in [0.25, 0.3) is 0 Å². The number of thiophene rings is 1. The van der Waals surface area contributed by atoms with Gasteiger partial charge >= 0.3 is 0 Å². The van der Waals surface area contributed by atoms with Gasteiger partial charge in [0.05, 0.1) is 17.6 Å². The Morgan fingerprint density at radius 2 is 2.32 bits per heavy atom. The largest absolute Gasteiger partial charge is 0.491 e. The van der Waals surface area contributed by atoms with Gasteiger partial charge in [-0.05, 0) is 39.9 Å². The van der Waals surface area contributed by atoms with Crippen LogP contribution in [0.4, 0.5) is 10.1 Å². The molecule has 0 saturated heterocycles. The maximum Gasteiger partial charge on any atom is 0.236 e. The van der Waals surface area contributed by atoms with Crippen molar-refractivity contribution in [1.29, 1.82) is 0 Å². The van der Waals surface area contributed by atoms with E-state index in [-0.39, 0.29) is 24.2 Å². The van der Waals surface area contributed by atoms with Crippen molar-refractivity contribution in [2.24, 2.45) is 5.73 Å². The third-order valence-corrected chi connectivity index (χ3v) is 4.50. The number of benzene rings is 1. The molecular formula is C15H13FN2O2S2. The summed E-state index contributed by atoms with van der Waals surface area (Å²) in [6.07, 6.45) is 0. The molecule has 2 atom stereocenters. The van der Waals surface area contributed by atoms with Crippen LogP contribution in [0.2, 0.25) is 0 Å². The van der Waals surface area contributed by atoms with E-state index in [0.29, 0.717) is 11.3 Å². The molecule has 2 aromatic rings. The number of thiocarbonyl (C=S) groups is 1. The first kappa shape index (κ1) is 15.1. The molecule has 3 rings (SSSR count). The van der Waals surface area contributed by atoms with Crippen molar-refractivity contribution in [2.75, 3.05) is 11.9 Å². The van der Waals surface area contributed by atoms with Crippen LogP contribution in [-0.4, -0.2) is 17.9 Å². The summed E-state index contributed by atoms with van der Waals surface area (Å²) in [6, 6.07) is 4.40. The molecule has 22 heavy (non-hydrogen) atoms. The number of nitrogens with one attached hydrogen (secondary N) is 1. The van der Waals surface area contributed by atoms with E-state index >= 15 is 0 Å². The Morgan fingerprint density at radius 3 is 3.00 bits per heavy atom. The number of anilines is 1. The molecule has 2 unspecified atom stereocenters. The van der Waals surface area contributed by atoms with Gasteiger partial charge in [0.25, 0.3) is 0 Å².